The molecule has 2 unspecified atom stereocenters. The molecule has 1 saturated heterocycles. The van der Waals surface area contributed by atoms with Crippen molar-refractivity contribution in [3.8, 4) is 0 Å². The molecule has 0 bridgehead atoms. The molecule has 2 aliphatic rings. The second-order valence-electron chi connectivity index (χ2n) is 5.79. The van der Waals surface area contributed by atoms with Crippen molar-refractivity contribution in [2.24, 2.45) is 10.9 Å². The Bertz CT molecular complexity index is 304. The maximum atomic E-state index is 5.48. The Kier molecular flexibility index (Phi) is 5.45. The molecule has 1 heterocycles. The molecular weight excluding hydrogens is 240 g/mol. The topological polar surface area (TPSA) is 48.9 Å². The standard InChI is InChI=1S/C14H28N4O/c1-11(18-6-7-19-10-12(18)2)8-16-14(15-3)17-9-13-4-5-13/h11-13H,4-10H2,1-3H3,(H2,15,16,17). The van der Waals surface area contributed by atoms with Gasteiger partial charge in [-0.25, -0.2) is 0 Å². The fourth-order valence-electron chi connectivity index (χ4n) is 2.54. The van der Waals surface area contributed by atoms with E-state index >= 15 is 0 Å². The highest BCUT2D eigenvalue weighted by Gasteiger charge is 2.24. The van der Waals surface area contributed by atoms with E-state index in [2.05, 4.69) is 34.4 Å². The summed E-state index contributed by atoms with van der Waals surface area (Å²) in [6.07, 6.45) is 2.73. The van der Waals surface area contributed by atoms with Crippen LogP contribution in [-0.4, -0.2) is 62.8 Å². The third-order valence-electron chi connectivity index (χ3n) is 4.03. The van der Waals surface area contributed by atoms with Crippen LogP contribution in [0.3, 0.4) is 0 Å². The van der Waals surface area contributed by atoms with E-state index in [1.165, 1.54) is 12.8 Å². The van der Waals surface area contributed by atoms with Gasteiger partial charge in [0.1, 0.15) is 0 Å². The summed E-state index contributed by atoms with van der Waals surface area (Å²) in [6.45, 7) is 9.20. The van der Waals surface area contributed by atoms with Gasteiger partial charge in [-0.1, -0.05) is 0 Å². The van der Waals surface area contributed by atoms with Gasteiger partial charge in [0, 0.05) is 38.8 Å². The van der Waals surface area contributed by atoms with Gasteiger partial charge in [0.05, 0.1) is 13.2 Å². The molecular formula is C14H28N4O. The Labute approximate surface area is 116 Å². The van der Waals surface area contributed by atoms with Crippen LogP contribution in [0.15, 0.2) is 4.99 Å². The first kappa shape index (κ1) is 14.6. The summed E-state index contributed by atoms with van der Waals surface area (Å²) in [6, 6.07) is 1.00. The van der Waals surface area contributed by atoms with E-state index in [4.69, 9.17) is 4.74 Å². The number of hydrogen-bond donors (Lipinski definition) is 2. The zero-order valence-corrected chi connectivity index (χ0v) is 12.5. The Balaban J connectivity index is 1.69. The van der Waals surface area contributed by atoms with Crippen molar-refractivity contribution >= 4 is 5.96 Å². The van der Waals surface area contributed by atoms with Crippen molar-refractivity contribution in [1.82, 2.24) is 15.5 Å². The lowest BCUT2D eigenvalue weighted by Gasteiger charge is -2.38. The van der Waals surface area contributed by atoms with E-state index in [9.17, 15) is 0 Å². The van der Waals surface area contributed by atoms with Crippen LogP contribution in [-0.2, 0) is 4.74 Å². The molecule has 2 N–H and O–H groups in total. The minimum atomic E-state index is 0.498. The summed E-state index contributed by atoms with van der Waals surface area (Å²) in [5.41, 5.74) is 0. The molecule has 0 amide bonds. The molecule has 0 radical (unpaired) electrons. The van der Waals surface area contributed by atoms with Crippen molar-refractivity contribution in [3.63, 3.8) is 0 Å². The molecule has 1 saturated carbocycles. The lowest BCUT2D eigenvalue weighted by atomic mass is 10.2. The largest absolute Gasteiger partial charge is 0.379 e. The highest BCUT2D eigenvalue weighted by atomic mass is 16.5. The van der Waals surface area contributed by atoms with Gasteiger partial charge in [0.2, 0.25) is 0 Å². The van der Waals surface area contributed by atoms with E-state index in [1.54, 1.807) is 0 Å². The van der Waals surface area contributed by atoms with E-state index in [1.807, 2.05) is 7.05 Å². The summed E-state index contributed by atoms with van der Waals surface area (Å²) in [4.78, 5) is 6.78. The van der Waals surface area contributed by atoms with Gasteiger partial charge in [0.15, 0.2) is 5.96 Å². The first-order valence-electron chi connectivity index (χ1n) is 7.48. The van der Waals surface area contributed by atoms with Gasteiger partial charge in [0.25, 0.3) is 0 Å². The Morgan fingerprint density at radius 2 is 2.21 bits per heavy atom. The first-order chi connectivity index (χ1) is 9.20. The highest BCUT2D eigenvalue weighted by Crippen LogP contribution is 2.27. The zero-order chi connectivity index (χ0) is 13.7. The lowest BCUT2D eigenvalue weighted by Crippen LogP contribution is -2.53. The van der Waals surface area contributed by atoms with Crippen LogP contribution in [0.25, 0.3) is 0 Å². The zero-order valence-electron chi connectivity index (χ0n) is 12.5. The Hall–Kier alpha value is -0.810. The quantitative estimate of drug-likeness (QED) is 0.568. The van der Waals surface area contributed by atoms with Crippen molar-refractivity contribution in [2.75, 3.05) is 39.9 Å². The van der Waals surface area contributed by atoms with Crippen LogP contribution < -0.4 is 10.6 Å². The highest BCUT2D eigenvalue weighted by molar-refractivity contribution is 5.79. The molecule has 1 aliphatic carbocycles. The molecule has 2 atom stereocenters. The first-order valence-corrected chi connectivity index (χ1v) is 7.48. The SMILES string of the molecule is CN=C(NCC1CC1)NCC(C)N1CCOCC1C. The van der Waals surface area contributed by atoms with E-state index < -0.39 is 0 Å². The van der Waals surface area contributed by atoms with E-state index in [-0.39, 0.29) is 0 Å². The van der Waals surface area contributed by atoms with Crippen LogP contribution in [0.2, 0.25) is 0 Å². The fraction of sp³-hybridized carbons (Fsp3) is 0.929. The predicted molar refractivity (Wildman–Crippen MR) is 78.5 cm³/mol. The van der Waals surface area contributed by atoms with Crippen LogP contribution >= 0.6 is 0 Å². The predicted octanol–water partition coefficient (Wildman–Crippen LogP) is 0.671. The third kappa shape index (κ3) is 4.66. The van der Waals surface area contributed by atoms with Crippen molar-refractivity contribution in [1.29, 1.82) is 0 Å². The van der Waals surface area contributed by atoms with Crippen molar-refractivity contribution < 1.29 is 4.74 Å². The normalized spacial score (nSPS) is 27.1. The molecule has 1 aliphatic heterocycles. The number of aliphatic imine (C=N–C) groups is 1. The number of hydrogen-bond acceptors (Lipinski definition) is 3. The molecule has 5 heteroatoms. The molecule has 0 aromatic heterocycles. The molecule has 19 heavy (non-hydrogen) atoms. The number of rotatable bonds is 5. The third-order valence-corrected chi connectivity index (χ3v) is 4.03. The van der Waals surface area contributed by atoms with Crippen LogP contribution in [0.1, 0.15) is 26.7 Å². The molecule has 2 rings (SSSR count). The summed E-state index contributed by atoms with van der Waals surface area (Å²) in [7, 11) is 1.84. The van der Waals surface area contributed by atoms with Gasteiger partial charge in [-0.15, -0.1) is 0 Å². The van der Waals surface area contributed by atoms with Crippen LogP contribution in [0, 0.1) is 5.92 Å². The Morgan fingerprint density at radius 1 is 1.42 bits per heavy atom. The van der Waals surface area contributed by atoms with E-state index in [0.29, 0.717) is 12.1 Å². The molecule has 0 aromatic carbocycles. The van der Waals surface area contributed by atoms with Crippen molar-refractivity contribution in [2.45, 2.75) is 38.8 Å². The summed E-state index contributed by atoms with van der Waals surface area (Å²) in [5, 5.41) is 6.82. The number of morpholine rings is 1. The van der Waals surface area contributed by atoms with Gasteiger partial charge in [-0.3, -0.25) is 9.89 Å². The number of guanidine groups is 1. The minimum Gasteiger partial charge on any atom is -0.379 e. The Morgan fingerprint density at radius 3 is 2.84 bits per heavy atom. The van der Waals surface area contributed by atoms with Crippen LogP contribution in [0.5, 0.6) is 0 Å². The molecule has 0 aromatic rings. The van der Waals surface area contributed by atoms with E-state index in [0.717, 1.165) is 44.7 Å². The average molecular weight is 268 g/mol. The maximum Gasteiger partial charge on any atom is 0.191 e. The second kappa shape index (κ2) is 7.10. The average Bonchev–Trinajstić information content (AvgIpc) is 3.23. The molecule has 110 valence electrons. The summed E-state index contributed by atoms with van der Waals surface area (Å²) < 4.78 is 5.48. The van der Waals surface area contributed by atoms with Gasteiger partial charge in [-0.05, 0) is 32.6 Å². The lowest BCUT2D eigenvalue weighted by molar-refractivity contribution is -0.0174. The number of nitrogens with zero attached hydrogens (tertiary/aromatic N) is 2. The van der Waals surface area contributed by atoms with Gasteiger partial charge < -0.3 is 15.4 Å². The smallest absolute Gasteiger partial charge is 0.191 e. The summed E-state index contributed by atoms with van der Waals surface area (Å²) in [5.74, 6) is 1.80. The molecule has 5 nitrogen and oxygen atoms in total. The molecule has 2 fully saturated rings. The second-order valence-corrected chi connectivity index (χ2v) is 5.79. The summed E-state index contributed by atoms with van der Waals surface area (Å²) >= 11 is 0. The fourth-order valence-corrected chi connectivity index (χ4v) is 2.54. The monoisotopic (exact) mass is 268 g/mol. The minimum absolute atomic E-state index is 0.498. The van der Waals surface area contributed by atoms with Crippen LogP contribution in [0.4, 0.5) is 0 Å². The number of nitrogens with one attached hydrogen (secondary N) is 2. The number of ether oxygens (including phenoxy) is 1. The molecule has 0 spiro atoms. The maximum absolute atomic E-state index is 5.48. The van der Waals surface area contributed by atoms with Gasteiger partial charge >= 0.3 is 0 Å². The van der Waals surface area contributed by atoms with Gasteiger partial charge in [-0.2, -0.15) is 0 Å². The van der Waals surface area contributed by atoms with Crippen molar-refractivity contribution in [3.05, 3.63) is 0 Å².